The van der Waals surface area contributed by atoms with Crippen LogP contribution in [0.25, 0.3) is 11.0 Å². The summed E-state index contributed by atoms with van der Waals surface area (Å²) in [5.74, 6) is 0.697. The highest BCUT2D eigenvalue weighted by molar-refractivity contribution is 6.35. The number of aryl methyl sites for hydroxylation is 1. The summed E-state index contributed by atoms with van der Waals surface area (Å²) in [6.45, 7) is 11.1. The molecule has 0 spiro atoms. The number of pyridine rings is 1. The van der Waals surface area contributed by atoms with Gasteiger partial charge in [-0.15, -0.1) is 0 Å². The van der Waals surface area contributed by atoms with Crippen LogP contribution in [-0.2, 0) is 4.74 Å². The van der Waals surface area contributed by atoms with Gasteiger partial charge < -0.3 is 18.9 Å². The van der Waals surface area contributed by atoms with E-state index in [9.17, 15) is 9.59 Å². The predicted molar refractivity (Wildman–Crippen MR) is 153 cm³/mol. The van der Waals surface area contributed by atoms with E-state index in [4.69, 9.17) is 26.1 Å². The number of fused-ring (bicyclic) bond motifs is 1. The molecule has 3 aromatic rings. The number of hydrogen-bond acceptors (Lipinski definition) is 6. The number of carbonyl (C=O) groups excluding carboxylic acids is 2. The zero-order valence-corrected chi connectivity index (χ0v) is 24.2. The van der Waals surface area contributed by atoms with Crippen LogP contribution in [0.5, 0.6) is 5.75 Å². The molecule has 4 rings (SSSR count). The van der Waals surface area contributed by atoms with Gasteiger partial charge in [-0.3, -0.25) is 15.1 Å². The number of halogens is 1. The van der Waals surface area contributed by atoms with Crippen LogP contribution in [0.1, 0.15) is 81.9 Å². The molecule has 2 amide bonds. The van der Waals surface area contributed by atoms with Crippen molar-refractivity contribution >= 4 is 40.6 Å². The van der Waals surface area contributed by atoms with Gasteiger partial charge in [-0.05, 0) is 65.5 Å². The Morgan fingerprint density at radius 1 is 1.21 bits per heavy atom. The van der Waals surface area contributed by atoms with E-state index in [1.807, 2.05) is 38.3 Å². The van der Waals surface area contributed by atoms with Crippen molar-refractivity contribution in [1.29, 1.82) is 0 Å². The van der Waals surface area contributed by atoms with Gasteiger partial charge in [0.25, 0.3) is 5.91 Å². The molecule has 0 bridgehead atoms. The molecule has 1 aliphatic rings. The highest BCUT2D eigenvalue weighted by Gasteiger charge is 2.30. The van der Waals surface area contributed by atoms with E-state index in [0.29, 0.717) is 53.0 Å². The topological polar surface area (TPSA) is 98.6 Å². The third kappa shape index (κ3) is 7.20. The van der Waals surface area contributed by atoms with E-state index in [1.54, 1.807) is 29.3 Å². The standard InChI is InChI=1S/C29H38ClN5O4/c1-6-7-14-38-22-16-23(30)25-24(17-22)32-27(33-26(36)20-11-12-31-19(2)15-20)35(25)21-10-8-9-13-34(18-21)28(37)39-29(3,4)5/h11-12,15-17,21H,6-10,13-14,18H2,1-5H3,(H,32,33,36)/t21-/m1/s1. The number of benzene rings is 1. The second-order valence-electron chi connectivity index (χ2n) is 11.0. The number of imidazole rings is 1. The maximum atomic E-state index is 13.3. The molecule has 10 heteroatoms. The van der Waals surface area contributed by atoms with E-state index < -0.39 is 5.60 Å². The van der Waals surface area contributed by atoms with Crippen LogP contribution >= 0.6 is 11.6 Å². The molecule has 1 saturated heterocycles. The number of rotatable bonds is 7. The van der Waals surface area contributed by atoms with Crippen molar-refractivity contribution < 1.29 is 19.1 Å². The minimum absolute atomic E-state index is 0.177. The zero-order chi connectivity index (χ0) is 28.2. The molecule has 2 aromatic heterocycles. The van der Waals surface area contributed by atoms with Gasteiger partial charge in [0.05, 0.1) is 28.7 Å². The fourth-order valence-corrected chi connectivity index (χ4v) is 5.00. The van der Waals surface area contributed by atoms with Crippen molar-refractivity contribution in [3.63, 3.8) is 0 Å². The molecule has 1 fully saturated rings. The summed E-state index contributed by atoms with van der Waals surface area (Å²) >= 11 is 6.85. The van der Waals surface area contributed by atoms with Crippen LogP contribution in [0.2, 0.25) is 5.02 Å². The third-order valence-corrected chi connectivity index (χ3v) is 6.81. The van der Waals surface area contributed by atoms with Gasteiger partial charge in [-0.1, -0.05) is 24.9 Å². The van der Waals surface area contributed by atoms with Gasteiger partial charge in [0.1, 0.15) is 11.4 Å². The Balaban J connectivity index is 1.74. The molecule has 0 radical (unpaired) electrons. The molecule has 9 nitrogen and oxygen atoms in total. The Labute approximate surface area is 234 Å². The summed E-state index contributed by atoms with van der Waals surface area (Å²) in [4.78, 5) is 37.0. The van der Waals surface area contributed by atoms with Crippen molar-refractivity contribution in [2.75, 3.05) is 25.0 Å². The lowest BCUT2D eigenvalue weighted by Crippen LogP contribution is -2.39. The van der Waals surface area contributed by atoms with Crippen LogP contribution in [0.4, 0.5) is 10.7 Å². The summed E-state index contributed by atoms with van der Waals surface area (Å²) in [7, 11) is 0. The van der Waals surface area contributed by atoms with Crippen LogP contribution < -0.4 is 10.1 Å². The molecule has 1 aromatic carbocycles. The number of ether oxygens (including phenoxy) is 2. The van der Waals surface area contributed by atoms with Gasteiger partial charge in [0.2, 0.25) is 5.95 Å². The number of aromatic nitrogens is 3. The smallest absolute Gasteiger partial charge is 0.410 e. The van der Waals surface area contributed by atoms with Gasteiger partial charge in [0, 0.05) is 42.7 Å². The summed E-state index contributed by atoms with van der Waals surface area (Å²) in [5, 5.41) is 3.47. The van der Waals surface area contributed by atoms with Gasteiger partial charge >= 0.3 is 6.09 Å². The number of unbranched alkanes of at least 4 members (excludes halogenated alkanes) is 1. The number of hydrogen-bond donors (Lipinski definition) is 1. The number of amides is 2. The number of nitrogens with one attached hydrogen (secondary N) is 1. The van der Waals surface area contributed by atoms with E-state index in [2.05, 4.69) is 17.2 Å². The van der Waals surface area contributed by atoms with Crippen molar-refractivity contribution in [1.82, 2.24) is 19.4 Å². The normalized spacial score (nSPS) is 16.2. The van der Waals surface area contributed by atoms with E-state index >= 15 is 0 Å². The minimum Gasteiger partial charge on any atom is -0.493 e. The first kappa shape index (κ1) is 28.7. The predicted octanol–water partition coefficient (Wildman–Crippen LogP) is 6.79. The minimum atomic E-state index is -0.597. The maximum Gasteiger partial charge on any atom is 0.410 e. The number of carbonyl (C=O) groups is 2. The monoisotopic (exact) mass is 555 g/mol. The van der Waals surface area contributed by atoms with Crippen LogP contribution in [-0.4, -0.2) is 56.7 Å². The SMILES string of the molecule is CCCCOc1cc(Cl)c2c(c1)nc(NC(=O)c1ccnc(C)c1)n2[C@@H]1CCCCN(C(=O)OC(C)(C)C)C1. The number of likely N-dealkylation sites (tertiary alicyclic amines) is 1. The molecule has 1 atom stereocenters. The highest BCUT2D eigenvalue weighted by atomic mass is 35.5. The van der Waals surface area contributed by atoms with Crippen LogP contribution in [0.15, 0.2) is 30.5 Å². The maximum absolute atomic E-state index is 13.3. The molecule has 3 heterocycles. The van der Waals surface area contributed by atoms with E-state index in [1.165, 1.54) is 0 Å². The molecule has 1 N–H and O–H groups in total. The third-order valence-electron chi connectivity index (χ3n) is 6.53. The molecular formula is C29H38ClN5O4. The lowest BCUT2D eigenvalue weighted by Gasteiger charge is -2.29. The first-order chi connectivity index (χ1) is 18.6. The first-order valence-corrected chi connectivity index (χ1v) is 14.0. The molecule has 0 aliphatic carbocycles. The fourth-order valence-electron chi connectivity index (χ4n) is 4.70. The Morgan fingerprint density at radius 3 is 2.72 bits per heavy atom. The van der Waals surface area contributed by atoms with Gasteiger partial charge in [-0.2, -0.15) is 0 Å². The Hall–Kier alpha value is -3.33. The van der Waals surface area contributed by atoms with E-state index in [-0.39, 0.29) is 18.0 Å². The molecule has 0 unspecified atom stereocenters. The number of anilines is 1. The van der Waals surface area contributed by atoms with Crippen molar-refractivity contribution in [3.8, 4) is 5.75 Å². The van der Waals surface area contributed by atoms with Crippen LogP contribution in [0, 0.1) is 6.92 Å². The highest BCUT2D eigenvalue weighted by Crippen LogP contribution is 2.36. The molecule has 39 heavy (non-hydrogen) atoms. The lowest BCUT2D eigenvalue weighted by atomic mass is 10.1. The molecule has 1 aliphatic heterocycles. The van der Waals surface area contributed by atoms with Crippen molar-refractivity contribution in [2.45, 2.75) is 78.4 Å². The largest absolute Gasteiger partial charge is 0.493 e. The zero-order valence-electron chi connectivity index (χ0n) is 23.4. The van der Waals surface area contributed by atoms with Crippen LogP contribution in [0.3, 0.4) is 0 Å². The molecular weight excluding hydrogens is 518 g/mol. The fraction of sp³-hybridized carbons (Fsp3) is 0.517. The summed E-state index contributed by atoms with van der Waals surface area (Å²) in [5.41, 5.74) is 1.93. The lowest BCUT2D eigenvalue weighted by molar-refractivity contribution is 0.0238. The van der Waals surface area contributed by atoms with Gasteiger partial charge in [0.15, 0.2) is 0 Å². The van der Waals surface area contributed by atoms with Crippen molar-refractivity contribution in [2.24, 2.45) is 0 Å². The summed E-state index contributed by atoms with van der Waals surface area (Å²) < 4.78 is 13.6. The average molecular weight is 556 g/mol. The summed E-state index contributed by atoms with van der Waals surface area (Å²) in [6.07, 6.45) is 5.74. The van der Waals surface area contributed by atoms with Crippen molar-refractivity contribution in [3.05, 3.63) is 46.7 Å². The molecule has 0 saturated carbocycles. The second kappa shape index (κ2) is 12.2. The van der Waals surface area contributed by atoms with Gasteiger partial charge in [-0.25, -0.2) is 9.78 Å². The average Bonchev–Trinajstić information content (AvgIpc) is 3.04. The quantitative estimate of drug-likeness (QED) is 0.322. The first-order valence-electron chi connectivity index (χ1n) is 13.6. The Kier molecular flexibility index (Phi) is 9.00. The Morgan fingerprint density at radius 2 is 2.00 bits per heavy atom. The Bertz CT molecular complexity index is 1330. The number of nitrogens with zero attached hydrogens (tertiary/aromatic N) is 4. The summed E-state index contributed by atoms with van der Waals surface area (Å²) in [6, 6.07) is 6.85. The molecule has 210 valence electrons. The second-order valence-corrected chi connectivity index (χ2v) is 11.4. The van der Waals surface area contributed by atoms with E-state index in [0.717, 1.165) is 37.8 Å².